The molecule has 150 valence electrons. The van der Waals surface area contributed by atoms with Gasteiger partial charge in [-0.3, -0.25) is 4.79 Å². The van der Waals surface area contributed by atoms with Crippen LogP contribution in [-0.2, 0) is 14.3 Å². The van der Waals surface area contributed by atoms with Gasteiger partial charge < -0.3 is 19.5 Å². The Morgan fingerprint density at radius 2 is 2.00 bits per heavy atom. The van der Waals surface area contributed by atoms with Crippen molar-refractivity contribution in [2.24, 2.45) is 0 Å². The van der Waals surface area contributed by atoms with Crippen molar-refractivity contribution in [2.45, 2.75) is 44.2 Å². The van der Waals surface area contributed by atoms with Crippen molar-refractivity contribution in [1.82, 2.24) is 9.88 Å². The molecule has 10 heteroatoms. The van der Waals surface area contributed by atoms with Crippen molar-refractivity contribution in [1.29, 1.82) is 0 Å². The van der Waals surface area contributed by atoms with Crippen LogP contribution in [0, 0.1) is 6.92 Å². The summed E-state index contributed by atoms with van der Waals surface area (Å²) in [5, 5.41) is 7.12. The van der Waals surface area contributed by atoms with Crippen molar-refractivity contribution in [3.63, 3.8) is 0 Å². The summed E-state index contributed by atoms with van der Waals surface area (Å²) in [6, 6.07) is 5.67. The second-order valence-electron chi connectivity index (χ2n) is 6.22. The summed E-state index contributed by atoms with van der Waals surface area (Å²) >= 11 is 0. The number of amides is 1. The zero-order valence-electron chi connectivity index (χ0n) is 14.9. The number of nitrogens with zero attached hydrogens (tertiary/aromatic N) is 2. The van der Waals surface area contributed by atoms with Gasteiger partial charge in [-0.25, -0.2) is 9.78 Å². The fourth-order valence-corrected chi connectivity index (χ4v) is 3.23. The van der Waals surface area contributed by atoms with Crippen LogP contribution < -0.4 is 0 Å². The van der Waals surface area contributed by atoms with Gasteiger partial charge in [-0.15, -0.1) is 0 Å². The predicted octanol–water partition coefficient (Wildman–Crippen LogP) is 2.04. The Labute approximate surface area is 154 Å². The first-order valence-corrected chi connectivity index (χ1v) is 8.34. The molecule has 1 aliphatic carbocycles. The number of aromatic nitrogens is 1. The Balaban J connectivity index is 0.000000321. The highest BCUT2D eigenvalue weighted by atomic mass is 19.4. The first-order chi connectivity index (χ1) is 12.6. The Bertz CT molecular complexity index is 683. The second kappa shape index (κ2) is 8.66. The van der Waals surface area contributed by atoms with Gasteiger partial charge in [-0.1, -0.05) is 6.07 Å². The number of hydrogen-bond acceptors (Lipinski definition) is 5. The van der Waals surface area contributed by atoms with Crippen molar-refractivity contribution < 1.29 is 37.3 Å². The van der Waals surface area contributed by atoms with E-state index in [-0.39, 0.29) is 24.2 Å². The van der Waals surface area contributed by atoms with Crippen LogP contribution in [0.25, 0.3) is 0 Å². The Morgan fingerprint density at radius 1 is 1.33 bits per heavy atom. The van der Waals surface area contributed by atoms with E-state index in [1.54, 1.807) is 13.2 Å². The fraction of sp³-hybridized carbons (Fsp3) is 0.588. The van der Waals surface area contributed by atoms with Crippen molar-refractivity contribution >= 4 is 11.9 Å². The summed E-state index contributed by atoms with van der Waals surface area (Å²) in [5.74, 6) is -2.75. The minimum Gasteiger partial charge on any atom is -0.475 e. The number of aryl methyl sites for hydroxylation is 1. The van der Waals surface area contributed by atoms with Crippen LogP contribution in [0.4, 0.5) is 13.2 Å². The summed E-state index contributed by atoms with van der Waals surface area (Å²) in [6.07, 6.45) is -3.11. The number of morpholine rings is 1. The van der Waals surface area contributed by atoms with Crippen molar-refractivity contribution in [2.75, 3.05) is 20.3 Å². The predicted molar refractivity (Wildman–Crippen MR) is 87.3 cm³/mol. The van der Waals surface area contributed by atoms with Gasteiger partial charge in [0.2, 0.25) is 0 Å². The lowest BCUT2D eigenvalue weighted by molar-refractivity contribution is -0.192. The molecular weight excluding hydrogens is 369 g/mol. The van der Waals surface area contributed by atoms with E-state index in [4.69, 9.17) is 19.4 Å². The lowest BCUT2D eigenvalue weighted by Gasteiger charge is -2.38. The highest BCUT2D eigenvalue weighted by molar-refractivity contribution is 5.92. The third-order valence-corrected chi connectivity index (χ3v) is 4.45. The molecule has 3 atom stereocenters. The number of fused-ring (bicyclic) bond motifs is 1. The highest BCUT2D eigenvalue weighted by Crippen LogP contribution is 2.32. The molecule has 1 aromatic rings. The lowest BCUT2D eigenvalue weighted by atomic mass is 10.1. The fourth-order valence-electron chi connectivity index (χ4n) is 3.23. The average molecular weight is 390 g/mol. The zero-order chi connectivity index (χ0) is 20.2. The summed E-state index contributed by atoms with van der Waals surface area (Å²) in [5.41, 5.74) is 1.38. The monoisotopic (exact) mass is 390 g/mol. The molecular formula is C17H21F3N2O5. The summed E-state index contributed by atoms with van der Waals surface area (Å²) < 4.78 is 43.0. The number of rotatable bonds is 2. The SMILES string of the molecule is CO[C@@H]1CC[C@H]2[C@H]1OCCN2C(=O)c1cccc(C)n1.O=C(O)C(F)(F)F. The Kier molecular flexibility index (Phi) is 6.77. The van der Waals surface area contributed by atoms with E-state index in [1.807, 2.05) is 24.0 Å². The normalized spacial score (nSPS) is 24.6. The summed E-state index contributed by atoms with van der Waals surface area (Å²) in [7, 11) is 1.71. The van der Waals surface area contributed by atoms with Gasteiger partial charge in [-0.05, 0) is 31.9 Å². The topological polar surface area (TPSA) is 89.0 Å². The number of alkyl halides is 3. The van der Waals surface area contributed by atoms with Crippen LogP contribution >= 0.6 is 0 Å². The first-order valence-electron chi connectivity index (χ1n) is 8.34. The first kappa shape index (κ1) is 21.1. The molecule has 2 fully saturated rings. The minimum absolute atomic E-state index is 0.00232. The number of carboxylic acids is 1. The van der Waals surface area contributed by atoms with Crippen LogP contribution in [0.2, 0.25) is 0 Å². The van der Waals surface area contributed by atoms with Crippen LogP contribution in [0.1, 0.15) is 29.0 Å². The third-order valence-electron chi connectivity index (χ3n) is 4.45. The van der Waals surface area contributed by atoms with Crippen LogP contribution in [0.15, 0.2) is 18.2 Å². The molecule has 7 nitrogen and oxygen atoms in total. The summed E-state index contributed by atoms with van der Waals surface area (Å²) in [6.45, 7) is 3.10. The van der Waals surface area contributed by atoms with E-state index in [1.165, 1.54) is 0 Å². The molecule has 0 radical (unpaired) electrons. The van der Waals surface area contributed by atoms with E-state index in [9.17, 15) is 18.0 Å². The van der Waals surface area contributed by atoms with Gasteiger partial charge in [0.1, 0.15) is 11.8 Å². The van der Waals surface area contributed by atoms with Gasteiger partial charge in [-0.2, -0.15) is 13.2 Å². The maximum Gasteiger partial charge on any atom is 0.490 e. The van der Waals surface area contributed by atoms with Crippen LogP contribution in [0.3, 0.4) is 0 Å². The number of methoxy groups -OCH3 is 1. The molecule has 2 heterocycles. The molecule has 1 saturated heterocycles. The number of carbonyl (C=O) groups excluding carboxylic acids is 1. The number of ether oxygens (including phenoxy) is 2. The largest absolute Gasteiger partial charge is 0.490 e. The molecule has 0 unspecified atom stereocenters. The van der Waals surface area contributed by atoms with Crippen molar-refractivity contribution in [3.8, 4) is 0 Å². The van der Waals surface area contributed by atoms with E-state index in [0.717, 1.165) is 18.5 Å². The molecule has 1 amide bonds. The molecule has 0 spiro atoms. The van der Waals surface area contributed by atoms with Gasteiger partial charge in [0.25, 0.3) is 5.91 Å². The smallest absolute Gasteiger partial charge is 0.475 e. The van der Waals surface area contributed by atoms with Crippen LogP contribution in [-0.4, -0.2) is 71.6 Å². The summed E-state index contributed by atoms with van der Waals surface area (Å²) in [4.78, 5) is 27.8. The standard InChI is InChI=1S/C15H20N2O3.C2HF3O2/c1-10-4-3-5-11(16-10)15(18)17-8-9-20-14-12(17)6-7-13(14)19-2;3-2(4,5)1(6)7/h3-5,12-14H,6-9H2,1-2H3;(H,6,7)/t12-,13+,14+;/m0./s1. The number of pyridine rings is 1. The zero-order valence-corrected chi connectivity index (χ0v) is 14.9. The molecule has 3 rings (SSSR count). The molecule has 0 bridgehead atoms. The molecule has 1 N–H and O–H groups in total. The van der Waals surface area contributed by atoms with Crippen molar-refractivity contribution in [3.05, 3.63) is 29.6 Å². The minimum atomic E-state index is -5.08. The molecule has 1 saturated carbocycles. The van der Waals surface area contributed by atoms with E-state index < -0.39 is 12.1 Å². The van der Waals surface area contributed by atoms with E-state index in [0.29, 0.717) is 18.8 Å². The lowest BCUT2D eigenvalue weighted by Crippen LogP contribution is -2.53. The number of halogens is 3. The molecule has 2 aliphatic rings. The van der Waals surface area contributed by atoms with E-state index in [2.05, 4.69) is 4.98 Å². The number of carboxylic acid groups (broad SMARTS) is 1. The maximum absolute atomic E-state index is 12.7. The Morgan fingerprint density at radius 3 is 2.56 bits per heavy atom. The Hall–Kier alpha value is -2.20. The molecule has 1 aromatic heterocycles. The quantitative estimate of drug-likeness (QED) is 0.831. The van der Waals surface area contributed by atoms with Gasteiger partial charge in [0.15, 0.2) is 0 Å². The van der Waals surface area contributed by atoms with Crippen LogP contribution in [0.5, 0.6) is 0 Å². The maximum atomic E-state index is 12.7. The van der Waals surface area contributed by atoms with Gasteiger partial charge >= 0.3 is 12.1 Å². The number of carbonyl (C=O) groups is 2. The molecule has 1 aliphatic heterocycles. The van der Waals surface area contributed by atoms with Gasteiger partial charge in [0.05, 0.1) is 18.8 Å². The molecule has 0 aromatic carbocycles. The van der Waals surface area contributed by atoms with E-state index >= 15 is 0 Å². The highest BCUT2D eigenvalue weighted by Gasteiger charge is 2.45. The number of hydrogen-bond donors (Lipinski definition) is 1. The second-order valence-corrected chi connectivity index (χ2v) is 6.22. The number of aliphatic carboxylic acids is 1. The van der Waals surface area contributed by atoms with Gasteiger partial charge in [0, 0.05) is 19.3 Å². The average Bonchev–Trinajstić information content (AvgIpc) is 3.04. The third kappa shape index (κ3) is 5.16. The molecule has 27 heavy (non-hydrogen) atoms.